The second kappa shape index (κ2) is 10.6. The van der Waals surface area contributed by atoms with Gasteiger partial charge in [0.15, 0.2) is 0 Å². The molecule has 0 bridgehead atoms. The Morgan fingerprint density at radius 2 is 1.62 bits per heavy atom. The van der Waals surface area contributed by atoms with Crippen molar-refractivity contribution >= 4 is 27.5 Å². The van der Waals surface area contributed by atoms with E-state index in [-0.39, 0.29) is 18.5 Å². The molecule has 7 nitrogen and oxygen atoms in total. The molecule has 0 aliphatic carbocycles. The van der Waals surface area contributed by atoms with Gasteiger partial charge in [0.05, 0.1) is 11.9 Å². The van der Waals surface area contributed by atoms with E-state index < -0.39 is 28.5 Å². The number of carbonyl (C=O) groups excluding carboxylic acids is 2. The molecule has 174 valence electrons. The molecular formula is C24H33N3O4S. The summed E-state index contributed by atoms with van der Waals surface area (Å²) in [6, 6.07) is 13.9. The maximum Gasteiger partial charge on any atom is 0.244 e. The summed E-state index contributed by atoms with van der Waals surface area (Å²) in [5.41, 5.74) is 2.94. The highest BCUT2D eigenvalue weighted by Gasteiger charge is 2.30. The van der Waals surface area contributed by atoms with Crippen LogP contribution in [0.3, 0.4) is 0 Å². The standard InChI is InChI=1S/C24H33N3O4S/c1-17(2)25-24(29)20(5)26(15-21-10-8-7-9-11-21)23(28)16-27(32(6,30)31)22-14-18(3)12-13-19(22)4/h7-14,17,20H,15-16H2,1-6H3,(H,25,29). The maximum absolute atomic E-state index is 13.4. The summed E-state index contributed by atoms with van der Waals surface area (Å²) in [4.78, 5) is 27.6. The second-order valence-electron chi connectivity index (χ2n) is 8.41. The molecule has 0 spiro atoms. The van der Waals surface area contributed by atoms with Crippen LogP contribution in [0.4, 0.5) is 5.69 Å². The molecule has 2 amide bonds. The van der Waals surface area contributed by atoms with Crippen molar-refractivity contribution in [3.63, 3.8) is 0 Å². The van der Waals surface area contributed by atoms with Crippen molar-refractivity contribution in [1.82, 2.24) is 10.2 Å². The van der Waals surface area contributed by atoms with Crippen molar-refractivity contribution in [2.24, 2.45) is 0 Å². The van der Waals surface area contributed by atoms with E-state index in [9.17, 15) is 18.0 Å². The van der Waals surface area contributed by atoms with E-state index in [1.165, 1.54) is 4.90 Å². The minimum Gasteiger partial charge on any atom is -0.352 e. The normalized spacial score (nSPS) is 12.3. The molecule has 1 unspecified atom stereocenters. The average Bonchev–Trinajstić information content (AvgIpc) is 2.71. The molecule has 1 atom stereocenters. The van der Waals surface area contributed by atoms with Crippen LogP contribution in [0.5, 0.6) is 0 Å². The van der Waals surface area contributed by atoms with Crippen molar-refractivity contribution in [2.75, 3.05) is 17.1 Å². The topological polar surface area (TPSA) is 86.8 Å². The monoisotopic (exact) mass is 459 g/mol. The molecule has 0 saturated carbocycles. The number of amides is 2. The lowest BCUT2D eigenvalue weighted by Gasteiger charge is -2.32. The van der Waals surface area contributed by atoms with E-state index in [0.717, 1.165) is 27.3 Å². The van der Waals surface area contributed by atoms with E-state index in [1.807, 2.05) is 63.2 Å². The fourth-order valence-corrected chi connectivity index (χ4v) is 4.25. The Morgan fingerprint density at radius 1 is 1.00 bits per heavy atom. The predicted octanol–water partition coefficient (Wildman–Crippen LogP) is 3.01. The molecule has 8 heteroatoms. The summed E-state index contributed by atoms with van der Waals surface area (Å²) in [5, 5.41) is 2.83. The largest absolute Gasteiger partial charge is 0.352 e. The summed E-state index contributed by atoms with van der Waals surface area (Å²) >= 11 is 0. The van der Waals surface area contributed by atoms with Gasteiger partial charge in [0.25, 0.3) is 0 Å². The van der Waals surface area contributed by atoms with Crippen molar-refractivity contribution in [3.05, 3.63) is 65.2 Å². The third-order valence-corrected chi connectivity index (χ3v) is 6.23. The number of anilines is 1. The molecule has 1 N–H and O–H groups in total. The Balaban J connectivity index is 2.41. The van der Waals surface area contributed by atoms with Gasteiger partial charge in [-0.3, -0.25) is 13.9 Å². The van der Waals surface area contributed by atoms with E-state index in [4.69, 9.17) is 0 Å². The number of aryl methyl sites for hydroxylation is 2. The fraction of sp³-hybridized carbons (Fsp3) is 0.417. The first kappa shape index (κ1) is 25.4. The van der Waals surface area contributed by atoms with E-state index >= 15 is 0 Å². The molecule has 0 fully saturated rings. The fourth-order valence-electron chi connectivity index (χ4n) is 3.35. The summed E-state index contributed by atoms with van der Waals surface area (Å²) in [7, 11) is -3.74. The minimum absolute atomic E-state index is 0.0823. The van der Waals surface area contributed by atoms with Crippen LogP contribution >= 0.6 is 0 Å². The van der Waals surface area contributed by atoms with Crippen LogP contribution in [0.1, 0.15) is 37.5 Å². The van der Waals surface area contributed by atoms with Gasteiger partial charge < -0.3 is 10.2 Å². The van der Waals surface area contributed by atoms with E-state index in [2.05, 4.69) is 5.32 Å². The summed E-state index contributed by atoms with van der Waals surface area (Å²) in [6.07, 6.45) is 1.08. The lowest BCUT2D eigenvalue weighted by atomic mass is 10.1. The van der Waals surface area contributed by atoms with Crippen LogP contribution in [0.25, 0.3) is 0 Å². The van der Waals surface area contributed by atoms with E-state index in [0.29, 0.717) is 5.69 Å². The van der Waals surface area contributed by atoms with Gasteiger partial charge in [-0.25, -0.2) is 8.42 Å². The molecule has 2 aromatic rings. The number of nitrogens with one attached hydrogen (secondary N) is 1. The molecule has 2 rings (SSSR count). The van der Waals surface area contributed by atoms with Gasteiger partial charge in [-0.15, -0.1) is 0 Å². The van der Waals surface area contributed by atoms with Gasteiger partial charge in [-0.05, 0) is 57.4 Å². The maximum atomic E-state index is 13.4. The minimum atomic E-state index is -3.74. The summed E-state index contributed by atoms with van der Waals surface area (Å²) in [5.74, 6) is -0.742. The molecule has 0 radical (unpaired) electrons. The first-order chi connectivity index (χ1) is 14.9. The number of carbonyl (C=O) groups is 2. The lowest BCUT2D eigenvalue weighted by Crippen LogP contribution is -2.52. The SMILES string of the molecule is Cc1ccc(C)c(N(CC(=O)N(Cc2ccccc2)C(C)C(=O)NC(C)C)S(C)(=O)=O)c1. The Bertz CT molecular complexity index is 1050. The van der Waals surface area contributed by atoms with Crippen LogP contribution in [-0.4, -0.2) is 50.0 Å². The third-order valence-electron chi connectivity index (χ3n) is 5.11. The van der Waals surface area contributed by atoms with E-state index in [1.54, 1.807) is 19.9 Å². The number of sulfonamides is 1. The zero-order valence-electron chi connectivity index (χ0n) is 19.6. The van der Waals surface area contributed by atoms with Crippen LogP contribution in [0.15, 0.2) is 48.5 Å². The highest BCUT2D eigenvalue weighted by Crippen LogP contribution is 2.24. The highest BCUT2D eigenvalue weighted by molar-refractivity contribution is 7.92. The number of benzene rings is 2. The number of hydrogen-bond acceptors (Lipinski definition) is 4. The average molecular weight is 460 g/mol. The van der Waals surface area contributed by atoms with Gasteiger partial charge >= 0.3 is 0 Å². The predicted molar refractivity (Wildman–Crippen MR) is 128 cm³/mol. The van der Waals surface area contributed by atoms with Gasteiger partial charge in [-0.2, -0.15) is 0 Å². The van der Waals surface area contributed by atoms with Gasteiger partial charge in [0.2, 0.25) is 21.8 Å². The zero-order valence-corrected chi connectivity index (χ0v) is 20.4. The second-order valence-corrected chi connectivity index (χ2v) is 10.3. The van der Waals surface area contributed by atoms with Crippen molar-refractivity contribution in [3.8, 4) is 0 Å². The third kappa shape index (κ3) is 6.82. The number of rotatable bonds is 9. The molecule has 0 heterocycles. The van der Waals surface area contributed by atoms with Gasteiger partial charge in [0, 0.05) is 12.6 Å². The molecule has 0 saturated heterocycles. The summed E-state index contributed by atoms with van der Waals surface area (Å²) < 4.78 is 26.4. The molecule has 0 aliphatic rings. The number of hydrogen-bond donors (Lipinski definition) is 1. The van der Waals surface area contributed by atoms with Crippen molar-refractivity contribution < 1.29 is 18.0 Å². The Hall–Kier alpha value is -2.87. The van der Waals surface area contributed by atoms with Gasteiger partial charge in [-0.1, -0.05) is 42.5 Å². The van der Waals surface area contributed by atoms with Crippen molar-refractivity contribution in [1.29, 1.82) is 0 Å². The quantitative estimate of drug-likeness (QED) is 0.625. The summed E-state index contributed by atoms with van der Waals surface area (Å²) in [6.45, 7) is 8.82. The molecule has 32 heavy (non-hydrogen) atoms. The van der Waals surface area contributed by atoms with Crippen molar-refractivity contribution in [2.45, 2.75) is 53.2 Å². The Labute approximate surface area is 191 Å². The molecule has 0 aromatic heterocycles. The van der Waals surface area contributed by atoms with Crippen LogP contribution in [0, 0.1) is 13.8 Å². The first-order valence-electron chi connectivity index (χ1n) is 10.6. The first-order valence-corrected chi connectivity index (χ1v) is 12.4. The molecule has 0 aliphatic heterocycles. The zero-order chi connectivity index (χ0) is 24.1. The van der Waals surface area contributed by atoms with Gasteiger partial charge in [0.1, 0.15) is 12.6 Å². The number of nitrogens with zero attached hydrogens (tertiary/aromatic N) is 2. The Kier molecular flexibility index (Phi) is 8.44. The Morgan fingerprint density at radius 3 is 2.19 bits per heavy atom. The van der Waals surface area contributed by atoms with Crippen LogP contribution < -0.4 is 9.62 Å². The van der Waals surface area contributed by atoms with Crippen LogP contribution in [-0.2, 0) is 26.2 Å². The molecule has 2 aromatic carbocycles. The van der Waals surface area contributed by atoms with Crippen LogP contribution in [0.2, 0.25) is 0 Å². The highest BCUT2D eigenvalue weighted by atomic mass is 32.2. The molecular weight excluding hydrogens is 426 g/mol. The smallest absolute Gasteiger partial charge is 0.244 e. The lowest BCUT2D eigenvalue weighted by molar-refractivity contribution is -0.139.